The number of likely N-dealkylation sites (tertiary alicyclic amines) is 1. The van der Waals surface area contributed by atoms with Gasteiger partial charge in [0, 0.05) is 18.5 Å². The van der Waals surface area contributed by atoms with E-state index in [1.807, 2.05) is 0 Å². The van der Waals surface area contributed by atoms with E-state index in [0.717, 1.165) is 6.42 Å². The molecule has 5 heteroatoms. The van der Waals surface area contributed by atoms with Crippen LogP contribution in [0.25, 0.3) is 0 Å². The number of hydrogen-bond acceptors (Lipinski definition) is 3. The van der Waals surface area contributed by atoms with E-state index in [4.69, 9.17) is 4.74 Å². The summed E-state index contributed by atoms with van der Waals surface area (Å²) in [7, 11) is 0. The van der Waals surface area contributed by atoms with E-state index in [1.165, 1.54) is 11.8 Å². The highest BCUT2D eigenvalue weighted by Gasteiger charge is 2.49. The van der Waals surface area contributed by atoms with E-state index >= 15 is 0 Å². The summed E-state index contributed by atoms with van der Waals surface area (Å²) in [6.45, 7) is 7.96. The maximum atomic E-state index is 11.6. The Bertz CT molecular complexity index is 304. The molecule has 1 saturated heterocycles. The molecule has 16 heavy (non-hydrogen) atoms. The van der Waals surface area contributed by atoms with Gasteiger partial charge < -0.3 is 14.7 Å². The minimum atomic E-state index is -1.50. The van der Waals surface area contributed by atoms with Crippen LogP contribution in [-0.4, -0.2) is 40.8 Å². The van der Waals surface area contributed by atoms with Gasteiger partial charge in [0.15, 0.2) is 0 Å². The normalized spacial score (nSPS) is 19.6. The lowest BCUT2D eigenvalue weighted by atomic mass is 9.77. The van der Waals surface area contributed by atoms with E-state index in [-0.39, 0.29) is 0 Å². The van der Waals surface area contributed by atoms with Crippen LogP contribution in [0.2, 0.25) is 0 Å². The predicted molar refractivity (Wildman–Crippen MR) is 58.2 cm³/mol. The average molecular weight is 229 g/mol. The molecule has 1 aliphatic rings. The van der Waals surface area contributed by atoms with Crippen LogP contribution < -0.4 is 0 Å². The summed E-state index contributed by atoms with van der Waals surface area (Å²) in [6.07, 6.45) is 0.417. The molecule has 1 atom stereocenters. The van der Waals surface area contributed by atoms with E-state index in [1.54, 1.807) is 20.8 Å². The lowest BCUT2D eigenvalue weighted by Crippen LogP contribution is -2.54. The molecule has 0 aromatic carbocycles. The molecule has 92 valence electrons. The van der Waals surface area contributed by atoms with Crippen LogP contribution in [0.15, 0.2) is 0 Å². The minimum absolute atomic E-state index is 0.536. The molecule has 1 fully saturated rings. The van der Waals surface area contributed by atoms with Gasteiger partial charge in [-0.1, -0.05) is 20.8 Å². The zero-order valence-corrected chi connectivity index (χ0v) is 10.2. The molecule has 0 unspecified atom stereocenters. The van der Waals surface area contributed by atoms with Crippen molar-refractivity contribution in [2.75, 3.05) is 13.1 Å². The number of carboxylic acids is 1. The van der Waals surface area contributed by atoms with Crippen LogP contribution in [0.5, 0.6) is 0 Å². The van der Waals surface area contributed by atoms with E-state index in [9.17, 15) is 14.7 Å². The van der Waals surface area contributed by atoms with Crippen molar-refractivity contribution < 1.29 is 19.4 Å². The first-order valence-electron chi connectivity index (χ1n) is 5.40. The van der Waals surface area contributed by atoms with Crippen LogP contribution >= 0.6 is 0 Å². The van der Waals surface area contributed by atoms with Gasteiger partial charge in [-0.3, -0.25) is 0 Å². The number of aliphatic carboxylic acids is 1. The van der Waals surface area contributed by atoms with Gasteiger partial charge >= 0.3 is 12.1 Å². The molecule has 0 saturated carbocycles. The minimum Gasteiger partial charge on any atom is -0.478 e. The van der Waals surface area contributed by atoms with Crippen molar-refractivity contribution in [1.82, 2.24) is 4.90 Å². The zero-order valence-electron chi connectivity index (χ0n) is 10.2. The molecule has 0 radical (unpaired) electrons. The van der Waals surface area contributed by atoms with Crippen molar-refractivity contribution in [3.8, 4) is 0 Å². The number of rotatable bonds is 2. The topological polar surface area (TPSA) is 66.8 Å². The number of nitrogens with zero attached hydrogens (tertiary/aromatic N) is 1. The fraction of sp³-hybridized carbons (Fsp3) is 0.818. The Balaban J connectivity index is 2.79. The Morgan fingerprint density at radius 3 is 1.94 bits per heavy atom. The van der Waals surface area contributed by atoms with Gasteiger partial charge in [-0.2, -0.15) is 0 Å². The van der Waals surface area contributed by atoms with Gasteiger partial charge in [0.2, 0.25) is 5.60 Å². The summed E-state index contributed by atoms with van der Waals surface area (Å²) in [5.74, 6) is -1.12. The lowest BCUT2D eigenvalue weighted by Gasteiger charge is -2.40. The highest BCUT2D eigenvalue weighted by Crippen LogP contribution is 2.34. The van der Waals surface area contributed by atoms with Crippen molar-refractivity contribution >= 4 is 12.1 Å². The summed E-state index contributed by atoms with van der Waals surface area (Å²) in [4.78, 5) is 24.4. The van der Waals surface area contributed by atoms with Gasteiger partial charge in [-0.25, -0.2) is 9.59 Å². The highest BCUT2D eigenvalue weighted by atomic mass is 16.6. The second-order valence-electron chi connectivity index (χ2n) is 5.30. The molecule has 5 nitrogen and oxygen atoms in total. The Hall–Kier alpha value is -1.26. The molecule has 1 rings (SSSR count). The fourth-order valence-electron chi connectivity index (χ4n) is 1.26. The van der Waals surface area contributed by atoms with Gasteiger partial charge in [-0.15, -0.1) is 0 Å². The predicted octanol–water partition coefficient (Wildman–Crippen LogP) is 1.72. The number of carboxylic acid groups (broad SMARTS) is 1. The molecule has 1 heterocycles. The van der Waals surface area contributed by atoms with Gasteiger partial charge in [0.05, 0.1) is 0 Å². The molecule has 1 aliphatic heterocycles. The SMILES string of the molecule is CC(C)(C)[C@@](C)(OC(=O)N1CCC1)C(=O)O. The second-order valence-corrected chi connectivity index (χ2v) is 5.30. The first kappa shape index (κ1) is 12.8. The number of ether oxygens (including phenoxy) is 1. The zero-order chi connectivity index (χ0) is 12.6. The Kier molecular flexibility index (Phi) is 3.17. The monoisotopic (exact) mass is 229 g/mol. The van der Waals surface area contributed by atoms with E-state index in [2.05, 4.69) is 0 Å². The molecule has 1 amide bonds. The quantitative estimate of drug-likeness (QED) is 0.782. The second kappa shape index (κ2) is 3.96. The average Bonchev–Trinajstić information content (AvgIpc) is 1.97. The molecule has 0 aromatic heterocycles. The first-order chi connectivity index (χ1) is 7.18. The van der Waals surface area contributed by atoms with Crippen molar-refractivity contribution in [1.29, 1.82) is 0 Å². The van der Waals surface area contributed by atoms with Crippen LogP contribution in [0, 0.1) is 5.41 Å². The molecule has 0 bridgehead atoms. The highest BCUT2D eigenvalue weighted by molar-refractivity contribution is 5.82. The molecular formula is C11H19NO4. The maximum absolute atomic E-state index is 11.6. The fourth-order valence-corrected chi connectivity index (χ4v) is 1.26. The number of hydrogen-bond donors (Lipinski definition) is 1. The first-order valence-corrected chi connectivity index (χ1v) is 5.40. The molecule has 0 aliphatic carbocycles. The Morgan fingerprint density at radius 2 is 1.69 bits per heavy atom. The summed E-state index contributed by atoms with van der Waals surface area (Å²) in [6, 6.07) is 0. The molecular weight excluding hydrogens is 210 g/mol. The van der Waals surface area contributed by atoms with Gasteiger partial charge in [-0.05, 0) is 13.3 Å². The third-order valence-corrected chi connectivity index (χ3v) is 3.24. The lowest BCUT2D eigenvalue weighted by molar-refractivity contribution is -0.170. The van der Waals surface area contributed by atoms with Gasteiger partial charge in [0.1, 0.15) is 0 Å². The molecule has 0 spiro atoms. The Labute approximate surface area is 95.4 Å². The summed E-state index contributed by atoms with van der Waals surface area (Å²) >= 11 is 0. The van der Waals surface area contributed by atoms with E-state index < -0.39 is 23.1 Å². The molecule has 0 aromatic rings. The smallest absolute Gasteiger partial charge is 0.410 e. The summed E-state index contributed by atoms with van der Waals surface area (Å²) in [5, 5.41) is 9.19. The van der Waals surface area contributed by atoms with Crippen LogP contribution in [-0.2, 0) is 9.53 Å². The number of carbonyl (C=O) groups is 2. The van der Waals surface area contributed by atoms with Crippen molar-refractivity contribution in [3.63, 3.8) is 0 Å². The maximum Gasteiger partial charge on any atom is 0.410 e. The van der Waals surface area contributed by atoms with E-state index in [0.29, 0.717) is 13.1 Å². The third kappa shape index (κ3) is 2.13. The van der Waals surface area contributed by atoms with Crippen LogP contribution in [0.3, 0.4) is 0 Å². The molecule has 1 N–H and O–H groups in total. The summed E-state index contributed by atoms with van der Waals surface area (Å²) < 4.78 is 5.16. The number of carbonyl (C=O) groups excluding carboxylic acids is 1. The summed E-state index contributed by atoms with van der Waals surface area (Å²) in [5.41, 5.74) is -2.15. The standard InChI is InChI=1S/C11H19NO4/c1-10(2,3)11(4,8(13)14)16-9(15)12-6-5-7-12/h5-7H2,1-4H3,(H,13,14)/t11-/m0/s1. The third-order valence-electron chi connectivity index (χ3n) is 3.24. The van der Waals surface area contributed by atoms with Crippen molar-refractivity contribution in [3.05, 3.63) is 0 Å². The number of amides is 1. The largest absolute Gasteiger partial charge is 0.478 e. The van der Waals surface area contributed by atoms with Crippen molar-refractivity contribution in [2.24, 2.45) is 5.41 Å². The van der Waals surface area contributed by atoms with Gasteiger partial charge in [0.25, 0.3) is 0 Å². The van der Waals surface area contributed by atoms with Crippen LogP contribution in [0.4, 0.5) is 4.79 Å². The van der Waals surface area contributed by atoms with Crippen LogP contribution in [0.1, 0.15) is 34.1 Å². The Morgan fingerprint density at radius 1 is 1.19 bits per heavy atom. The van der Waals surface area contributed by atoms with Crippen molar-refractivity contribution in [2.45, 2.75) is 39.7 Å².